The second-order valence-corrected chi connectivity index (χ2v) is 7.06. The van der Waals surface area contributed by atoms with Gasteiger partial charge in [-0.05, 0) is 56.8 Å². The quantitative estimate of drug-likeness (QED) is 0.345. The van der Waals surface area contributed by atoms with Crippen LogP contribution in [-0.2, 0) is 14.3 Å². The molecule has 0 aromatic rings. The Balaban J connectivity index is 1.67. The lowest BCUT2D eigenvalue weighted by molar-refractivity contribution is -0.137. The Hall–Kier alpha value is -1.31. The van der Waals surface area contributed by atoms with Crippen molar-refractivity contribution in [3.63, 3.8) is 0 Å². The summed E-state index contributed by atoms with van der Waals surface area (Å²) < 4.78 is 11.8. The molecular formula is C21H32O4. The van der Waals surface area contributed by atoms with E-state index < -0.39 is 5.97 Å². The number of ether oxygens (including phenoxy) is 2. The van der Waals surface area contributed by atoms with Crippen LogP contribution in [0.15, 0.2) is 12.2 Å². The molecule has 4 atom stereocenters. The van der Waals surface area contributed by atoms with Gasteiger partial charge in [-0.25, -0.2) is 0 Å². The summed E-state index contributed by atoms with van der Waals surface area (Å²) in [6.07, 6.45) is 13.5. The molecule has 4 nitrogen and oxygen atoms in total. The third-order valence-corrected chi connectivity index (χ3v) is 5.20. The number of carboxylic acid groups (broad SMARTS) is 1. The standard InChI is InChI=1S/C21H32O4/c1-2-3-4-9-15-24-16-14-18-17(19-12-13-20(18)25-19)10-7-5-6-8-11-21(22)23/h5,7,17-20H,2-3,6,8,10-16H2,1H3,(H,22,23)/t17-,18-,19-,20+/m1/s1. The Morgan fingerprint density at radius 2 is 2.04 bits per heavy atom. The predicted molar refractivity (Wildman–Crippen MR) is 98.2 cm³/mol. The Labute approximate surface area is 152 Å². The first-order valence-corrected chi connectivity index (χ1v) is 9.78. The molecule has 0 saturated carbocycles. The number of carbonyl (C=O) groups is 1. The molecule has 0 aromatic carbocycles. The van der Waals surface area contributed by atoms with Gasteiger partial charge < -0.3 is 14.6 Å². The largest absolute Gasteiger partial charge is 0.481 e. The second kappa shape index (κ2) is 11.3. The van der Waals surface area contributed by atoms with E-state index in [1.807, 2.05) is 0 Å². The predicted octanol–water partition coefficient (Wildman–Crippen LogP) is 4.19. The fourth-order valence-corrected chi connectivity index (χ4v) is 3.95. The maximum absolute atomic E-state index is 10.5. The molecule has 2 rings (SSSR count). The van der Waals surface area contributed by atoms with E-state index in [1.54, 1.807) is 0 Å². The van der Waals surface area contributed by atoms with E-state index in [0.29, 0.717) is 30.7 Å². The van der Waals surface area contributed by atoms with E-state index in [-0.39, 0.29) is 6.42 Å². The minimum atomic E-state index is -0.714. The molecule has 0 unspecified atom stereocenters. The highest BCUT2D eigenvalue weighted by Crippen LogP contribution is 2.46. The van der Waals surface area contributed by atoms with Crippen LogP contribution in [0.2, 0.25) is 0 Å². The van der Waals surface area contributed by atoms with Crippen LogP contribution < -0.4 is 0 Å². The normalized spacial score (nSPS) is 27.6. The van der Waals surface area contributed by atoms with Gasteiger partial charge in [0.15, 0.2) is 0 Å². The number of fused-ring (bicyclic) bond motifs is 2. The molecule has 140 valence electrons. The van der Waals surface area contributed by atoms with Gasteiger partial charge in [-0.3, -0.25) is 4.79 Å². The highest BCUT2D eigenvalue weighted by molar-refractivity contribution is 5.66. The second-order valence-electron chi connectivity index (χ2n) is 7.06. The molecule has 1 N–H and O–H groups in total. The monoisotopic (exact) mass is 348 g/mol. The molecule has 0 radical (unpaired) electrons. The van der Waals surface area contributed by atoms with Crippen molar-refractivity contribution in [2.45, 2.75) is 76.9 Å². The molecule has 25 heavy (non-hydrogen) atoms. The highest BCUT2D eigenvalue weighted by Gasteiger charge is 2.47. The number of carboxylic acids is 1. The number of allylic oxidation sites excluding steroid dienone is 2. The van der Waals surface area contributed by atoms with Crippen molar-refractivity contribution in [1.29, 1.82) is 0 Å². The zero-order valence-electron chi connectivity index (χ0n) is 15.4. The first-order valence-electron chi connectivity index (χ1n) is 9.78. The average Bonchev–Trinajstić information content (AvgIpc) is 3.19. The molecule has 2 saturated heterocycles. The molecule has 2 bridgehead atoms. The van der Waals surface area contributed by atoms with Crippen LogP contribution in [0.4, 0.5) is 0 Å². The summed E-state index contributed by atoms with van der Waals surface area (Å²) in [5.41, 5.74) is 0. The zero-order chi connectivity index (χ0) is 17.9. The van der Waals surface area contributed by atoms with Gasteiger partial charge in [0.1, 0.15) is 6.61 Å². The minimum absolute atomic E-state index is 0.253. The summed E-state index contributed by atoms with van der Waals surface area (Å²) in [6.45, 7) is 3.43. The van der Waals surface area contributed by atoms with Crippen LogP contribution >= 0.6 is 0 Å². The van der Waals surface area contributed by atoms with Crippen molar-refractivity contribution < 1.29 is 19.4 Å². The molecule has 2 heterocycles. The van der Waals surface area contributed by atoms with E-state index in [4.69, 9.17) is 14.6 Å². The van der Waals surface area contributed by atoms with Crippen LogP contribution in [0, 0.1) is 23.7 Å². The lowest BCUT2D eigenvalue weighted by Gasteiger charge is -2.27. The fourth-order valence-electron chi connectivity index (χ4n) is 3.95. The molecule has 2 aliphatic heterocycles. The molecule has 0 spiro atoms. The van der Waals surface area contributed by atoms with Crippen molar-refractivity contribution in [2.75, 3.05) is 13.2 Å². The first kappa shape index (κ1) is 20.0. The Bertz CT molecular complexity index is 488. The number of hydrogen-bond donors (Lipinski definition) is 1. The van der Waals surface area contributed by atoms with Crippen molar-refractivity contribution in [3.05, 3.63) is 12.2 Å². The lowest BCUT2D eigenvalue weighted by Crippen LogP contribution is -2.28. The van der Waals surface area contributed by atoms with Gasteiger partial charge in [-0.1, -0.05) is 25.0 Å². The van der Waals surface area contributed by atoms with Crippen molar-refractivity contribution in [1.82, 2.24) is 0 Å². The Morgan fingerprint density at radius 3 is 2.80 bits per heavy atom. The summed E-state index contributed by atoms with van der Waals surface area (Å²) in [5, 5.41) is 8.65. The Morgan fingerprint density at radius 1 is 1.24 bits per heavy atom. The molecule has 0 amide bonds. The van der Waals surface area contributed by atoms with Crippen LogP contribution in [0.5, 0.6) is 0 Å². The number of aliphatic carboxylic acids is 1. The van der Waals surface area contributed by atoms with Crippen molar-refractivity contribution in [3.8, 4) is 11.8 Å². The smallest absolute Gasteiger partial charge is 0.303 e. The van der Waals surface area contributed by atoms with Crippen LogP contribution in [0.1, 0.15) is 64.7 Å². The van der Waals surface area contributed by atoms with E-state index in [1.165, 1.54) is 12.8 Å². The highest BCUT2D eigenvalue weighted by atomic mass is 16.5. The zero-order valence-corrected chi connectivity index (χ0v) is 15.4. The van der Waals surface area contributed by atoms with Gasteiger partial charge in [0.2, 0.25) is 0 Å². The van der Waals surface area contributed by atoms with E-state index in [2.05, 4.69) is 30.9 Å². The molecule has 0 aliphatic carbocycles. The van der Waals surface area contributed by atoms with Gasteiger partial charge >= 0.3 is 5.97 Å². The van der Waals surface area contributed by atoms with Gasteiger partial charge in [0.05, 0.1) is 12.2 Å². The third-order valence-electron chi connectivity index (χ3n) is 5.20. The topological polar surface area (TPSA) is 55.8 Å². The average molecular weight is 348 g/mol. The summed E-state index contributed by atoms with van der Waals surface area (Å²) in [4.78, 5) is 10.5. The van der Waals surface area contributed by atoms with Gasteiger partial charge in [0, 0.05) is 19.4 Å². The van der Waals surface area contributed by atoms with Gasteiger partial charge in [0.25, 0.3) is 0 Å². The summed E-state index contributed by atoms with van der Waals surface area (Å²) in [5.74, 6) is 6.63. The fraction of sp³-hybridized carbons (Fsp3) is 0.762. The SMILES string of the molecule is CCCC#CCOCC[C@@H]1[C@@H](CC=CCCCC(=O)O)[C@H]2CC[C@@H]1O2. The van der Waals surface area contributed by atoms with E-state index >= 15 is 0 Å². The van der Waals surface area contributed by atoms with Crippen LogP contribution in [0.25, 0.3) is 0 Å². The van der Waals surface area contributed by atoms with Crippen molar-refractivity contribution >= 4 is 5.97 Å². The number of rotatable bonds is 11. The molecule has 4 heteroatoms. The maximum atomic E-state index is 10.5. The summed E-state index contributed by atoms with van der Waals surface area (Å²) >= 11 is 0. The van der Waals surface area contributed by atoms with Gasteiger partial charge in [-0.2, -0.15) is 0 Å². The van der Waals surface area contributed by atoms with E-state index in [0.717, 1.165) is 45.1 Å². The number of unbranched alkanes of at least 4 members (excludes halogenated alkanes) is 2. The van der Waals surface area contributed by atoms with Crippen LogP contribution in [0.3, 0.4) is 0 Å². The summed E-state index contributed by atoms with van der Waals surface area (Å²) in [6, 6.07) is 0. The molecule has 2 fully saturated rings. The Kier molecular flexibility index (Phi) is 9.07. The first-order chi connectivity index (χ1) is 12.2. The van der Waals surface area contributed by atoms with Crippen molar-refractivity contribution in [2.24, 2.45) is 11.8 Å². The van der Waals surface area contributed by atoms with Crippen LogP contribution in [-0.4, -0.2) is 36.5 Å². The third kappa shape index (κ3) is 6.84. The lowest BCUT2D eigenvalue weighted by atomic mass is 9.76. The minimum Gasteiger partial charge on any atom is -0.481 e. The number of hydrogen-bond acceptors (Lipinski definition) is 3. The van der Waals surface area contributed by atoms with E-state index in [9.17, 15) is 4.79 Å². The summed E-state index contributed by atoms with van der Waals surface area (Å²) in [7, 11) is 0. The maximum Gasteiger partial charge on any atom is 0.303 e. The van der Waals surface area contributed by atoms with Gasteiger partial charge in [-0.15, -0.1) is 5.92 Å². The molecule has 0 aromatic heterocycles. The molecular weight excluding hydrogens is 316 g/mol. The molecule has 2 aliphatic rings.